The average molecular weight is 358 g/mol. The molecule has 138 valence electrons. The average Bonchev–Trinajstić information content (AvgIpc) is 3.32. The number of furan rings is 2. The molecule has 7 heteroatoms. The second kappa shape index (κ2) is 7.55. The molecule has 0 aliphatic rings. The van der Waals surface area contributed by atoms with E-state index in [2.05, 4.69) is 0 Å². The molecule has 0 unspecified atom stereocenters. The first-order chi connectivity index (χ1) is 12.6. The number of hydrogen-bond acceptors (Lipinski definition) is 7. The van der Waals surface area contributed by atoms with Crippen molar-refractivity contribution in [2.24, 2.45) is 11.5 Å². The number of aromatic hydroxyl groups is 1. The lowest BCUT2D eigenvalue weighted by Crippen LogP contribution is -2.03. The minimum atomic E-state index is -0.376. The summed E-state index contributed by atoms with van der Waals surface area (Å²) in [6, 6.07) is 10.8. The van der Waals surface area contributed by atoms with Crippen molar-refractivity contribution in [1.29, 1.82) is 0 Å². The van der Waals surface area contributed by atoms with E-state index in [0.29, 0.717) is 47.6 Å². The number of nitrogens with two attached hydrogens (primary N) is 2. The van der Waals surface area contributed by atoms with Crippen LogP contribution >= 0.6 is 0 Å². The van der Waals surface area contributed by atoms with Gasteiger partial charge >= 0.3 is 0 Å². The van der Waals surface area contributed by atoms with E-state index in [1.165, 1.54) is 14.2 Å². The van der Waals surface area contributed by atoms with Gasteiger partial charge in [-0.3, -0.25) is 0 Å². The Labute approximate surface area is 151 Å². The molecule has 0 saturated heterocycles. The van der Waals surface area contributed by atoms with E-state index in [1.54, 1.807) is 12.1 Å². The van der Waals surface area contributed by atoms with Crippen molar-refractivity contribution in [3.63, 3.8) is 0 Å². The molecule has 0 amide bonds. The van der Waals surface area contributed by atoms with E-state index >= 15 is 0 Å². The smallest absolute Gasteiger partial charge is 0.200 e. The molecule has 0 fully saturated rings. The predicted octanol–water partition coefficient (Wildman–Crippen LogP) is 2.69. The van der Waals surface area contributed by atoms with Gasteiger partial charge in [-0.25, -0.2) is 0 Å². The van der Waals surface area contributed by atoms with Gasteiger partial charge in [0, 0.05) is 0 Å². The third kappa shape index (κ3) is 3.26. The molecule has 3 aromatic rings. The Hall–Kier alpha value is -2.90. The highest BCUT2D eigenvalue weighted by Gasteiger charge is 2.26. The van der Waals surface area contributed by atoms with Gasteiger partial charge in [-0.2, -0.15) is 0 Å². The van der Waals surface area contributed by atoms with E-state index in [9.17, 15) is 5.11 Å². The molecule has 2 heterocycles. The molecule has 0 atom stereocenters. The maximum Gasteiger partial charge on any atom is 0.200 e. The van der Waals surface area contributed by atoms with Crippen LogP contribution in [0.2, 0.25) is 0 Å². The molecule has 26 heavy (non-hydrogen) atoms. The van der Waals surface area contributed by atoms with Crippen LogP contribution in [-0.4, -0.2) is 19.3 Å². The Bertz CT molecular complexity index is 816. The third-order valence-electron chi connectivity index (χ3n) is 4.17. The van der Waals surface area contributed by atoms with Crippen LogP contribution in [0.25, 0.3) is 0 Å². The predicted molar refractivity (Wildman–Crippen MR) is 95.4 cm³/mol. The summed E-state index contributed by atoms with van der Waals surface area (Å²) in [5.74, 6) is 2.76. The zero-order valence-corrected chi connectivity index (χ0v) is 14.7. The zero-order valence-electron chi connectivity index (χ0n) is 14.7. The Kier molecular flexibility index (Phi) is 5.20. The van der Waals surface area contributed by atoms with Gasteiger partial charge in [-0.15, -0.1) is 0 Å². The first-order valence-corrected chi connectivity index (χ1v) is 8.13. The molecule has 2 aromatic heterocycles. The normalized spacial score (nSPS) is 11.1. The third-order valence-corrected chi connectivity index (χ3v) is 4.17. The molecule has 0 spiro atoms. The van der Waals surface area contributed by atoms with Crippen molar-refractivity contribution in [2.75, 3.05) is 14.2 Å². The van der Waals surface area contributed by atoms with Crippen molar-refractivity contribution >= 4 is 0 Å². The summed E-state index contributed by atoms with van der Waals surface area (Å²) in [5, 5.41) is 10.2. The summed E-state index contributed by atoms with van der Waals surface area (Å²) in [6.45, 7) is 0.586. The second-order valence-electron chi connectivity index (χ2n) is 5.72. The van der Waals surface area contributed by atoms with Crippen LogP contribution in [0.5, 0.6) is 17.2 Å². The van der Waals surface area contributed by atoms with E-state index in [-0.39, 0.29) is 11.7 Å². The van der Waals surface area contributed by atoms with Crippen molar-refractivity contribution in [1.82, 2.24) is 0 Å². The van der Waals surface area contributed by atoms with Crippen molar-refractivity contribution in [3.05, 3.63) is 65.0 Å². The minimum Gasteiger partial charge on any atom is -0.502 e. The summed E-state index contributed by atoms with van der Waals surface area (Å²) >= 11 is 0. The van der Waals surface area contributed by atoms with E-state index in [1.807, 2.05) is 24.3 Å². The molecule has 0 bridgehead atoms. The van der Waals surface area contributed by atoms with Crippen LogP contribution in [0.3, 0.4) is 0 Å². The number of rotatable bonds is 7. The van der Waals surface area contributed by atoms with Gasteiger partial charge in [-0.05, 0) is 42.0 Å². The molecule has 1 aromatic carbocycles. The van der Waals surface area contributed by atoms with Crippen molar-refractivity contribution in [2.45, 2.75) is 19.0 Å². The monoisotopic (exact) mass is 358 g/mol. The molecule has 7 nitrogen and oxygen atoms in total. The van der Waals surface area contributed by atoms with Crippen LogP contribution in [0.1, 0.15) is 34.5 Å². The zero-order chi connectivity index (χ0) is 18.7. The van der Waals surface area contributed by atoms with Crippen LogP contribution < -0.4 is 20.9 Å². The number of hydrogen-bond donors (Lipinski definition) is 3. The highest BCUT2D eigenvalue weighted by atomic mass is 16.5. The number of phenolic OH excluding ortho intramolecular Hbond substituents is 1. The fourth-order valence-corrected chi connectivity index (χ4v) is 2.87. The van der Waals surface area contributed by atoms with Gasteiger partial charge in [0.1, 0.15) is 29.0 Å². The van der Waals surface area contributed by atoms with Crippen LogP contribution in [-0.2, 0) is 13.1 Å². The van der Waals surface area contributed by atoms with E-state index in [0.717, 1.165) is 5.56 Å². The summed E-state index contributed by atoms with van der Waals surface area (Å²) < 4.78 is 22.3. The lowest BCUT2D eigenvalue weighted by Gasteiger charge is -2.17. The Morgan fingerprint density at radius 1 is 0.885 bits per heavy atom. The van der Waals surface area contributed by atoms with E-state index in [4.69, 9.17) is 29.8 Å². The second-order valence-corrected chi connectivity index (χ2v) is 5.72. The fraction of sp³-hybridized carbons (Fsp3) is 0.263. The molecule has 0 saturated carbocycles. The SMILES string of the molecule is COc1cc(C(c2ccc(CN)o2)c2ccc(CN)o2)cc(OC)c1O. The lowest BCUT2D eigenvalue weighted by molar-refractivity contribution is 0.338. The van der Waals surface area contributed by atoms with Gasteiger partial charge in [0.05, 0.1) is 27.3 Å². The van der Waals surface area contributed by atoms with Crippen LogP contribution in [0.15, 0.2) is 45.2 Å². The maximum atomic E-state index is 10.2. The molecule has 5 N–H and O–H groups in total. The molecule has 0 aliphatic carbocycles. The Morgan fingerprint density at radius 2 is 1.35 bits per heavy atom. The maximum absolute atomic E-state index is 10.2. The molecule has 0 aliphatic heterocycles. The van der Waals surface area contributed by atoms with Crippen LogP contribution in [0.4, 0.5) is 0 Å². The summed E-state index contributed by atoms with van der Waals surface area (Å²) in [4.78, 5) is 0. The van der Waals surface area contributed by atoms with Gasteiger partial charge in [0.2, 0.25) is 5.75 Å². The summed E-state index contributed by atoms with van der Waals surface area (Å²) in [6.07, 6.45) is 0. The Balaban J connectivity index is 2.17. The van der Waals surface area contributed by atoms with Gasteiger partial charge < -0.3 is 34.9 Å². The highest BCUT2D eigenvalue weighted by molar-refractivity contribution is 5.55. The number of methoxy groups -OCH3 is 2. The van der Waals surface area contributed by atoms with Gasteiger partial charge in [0.25, 0.3) is 0 Å². The molecular formula is C19H22N2O5. The topological polar surface area (TPSA) is 117 Å². The molecular weight excluding hydrogens is 336 g/mol. The van der Waals surface area contributed by atoms with Gasteiger partial charge in [0.15, 0.2) is 11.5 Å². The quantitative estimate of drug-likeness (QED) is 0.594. The lowest BCUT2D eigenvalue weighted by atomic mass is 9.93. The summed E-state index contributed by atoms with van der Waals surface area (Å²) in [7, 11) is 2.96. The number of phenols is 1. The van der Waals surface area contributed by atoms with Crippen molar-refractivity contribution in [3.8, 4) is 17.2 Å². The van der Waals surface area contributed by atoms with Crippen LogP contribution in [0, 0.1) is 0 Å². The first kappa shape index (κ1) is 17.9. The van der Waals surface area contributed by atoms with E-state index < -0.39 is 0 Å². The number of benzene rings is 1. The molecule has 0 radical (unpaired) electrons. The fourth-order valence-electron chi connectivity index (χ4n) is 2.87. The Morgan fingerprint density at radius 3 is 1.69 bits per heavy atom. The largest absolute Gasteiger partial charge is 0.502 e. The van der Waals surface area contributed by atoms with Crippen molar-refractivity contribution < 1.29 is 23.4 Å². The first-order valence-electron chi connectivity index (χ1n) is 8.13. The number of ether oxygens (including phenoxy) is 2. The molecule has 3 rings (SSSR count). The highest BCUT2D eigenvalue weighted by Crippen LogP contribution is 2.43. The minimum absolute atomic E-state index is 0.0679. The van der Waals surface area contributed by atoms with Gasteiger partial charge in [-0.1, -0.05) is 0 Å². The standard InChI is InChI=1S/C19H22N2O5/c1-23-16-7-11(8-17(24-2)19(16)22)18(14-5-3-12(9-20)25-14)15-6-4-13(10-21)26-15/h3-8,18,22H,9-10,20-21H2,1-2H3. The summed E-state index contributed by atoms with van der Waals surface area (Å²) in [5.41, 5.74) is 12.1.